The van der Waals surface area contributed by atoms with Gasteiger partial charge in [-0.2, -0.15) is 4.37 Å². The van der Waals surface area contributed by atoms with E-state index in [4.69, 9.17) is 0 Å². The van der Waals surface area contributed by atoms with E-state index < -0.39 is 0 Å². The molecule has 0 saturated carbocycles. The Hall–Kier alpha value is -0.890. The van der Waals surface area contributed by atoms with Crippen LogP contribution in [0.1, 0.15) is 58.7 Å². The van der Waals surface area contributed by atoms with Gasteiger partial charge in [0, 0.05) is 5.39 Å². The van der Waals surface area contributed by atoms with E-state index in [0.717, 1.165) is 5.69 Å². The molecule has 17 heavy (non-hydrogen) atoms. The fraction of sp³-hybridized carbons (Fsp3) is 0.533. The smallest absolute Gasteiger partial charge is 0.0589 e. The first kappa shape index (κ1) is 16.1. The lowest BCUT2D eigenvalue weighted by Crippen LogP contribution is -1.85. The highest BCUT2D eigenvalue weighted by Gasteiger charge is 2.04. The van der Waals surface area contributed by atoms with E-state index in [9.17, 15) is 0 Å². The SMILES string of the molecule is CC.CC.Cc1nsc2cc(C(C)C)ccc12. The summed E-state index contributed by atoms with van der Waals surface area (Å²) in [5, 5.41) is 1.30. The maximum atomic E-state index is 4.34. The fourth-order valence-electron chi connectivity index (χ4n) is 1.44. The van der Waals surface area contributed by atoms with E-state index in [1.807, 2.05) is 27.7 Å². The molecular weight excluding hydrogens is 226 g/mol. The summed E-state index contributed by atoms with van der Waals surface area (Å²) in [6, 6.07) is 6.64. The Kier molecular flexibility index (Phi) is 7.81. The van der Waals surface area contributed by atoms with Gasteiger partial charge in [0.1, 0.15) is 0 Å². The Balaban J connectivity index is 0.000000581. The zero-order chi connectivity index (χ0) is 13.4. The van der Waals surface area contributed by atoms with Crippen LogP contribution in [0.3, 0.4) is 0 Å². The van der Waals surface area contributed by atoms with Crippen LogP contribution in [0, 0.1) is 6.92 Å². The molecule has 1 aromatic heterocycles. The number of hydrogen-bond acceptors (Lipinski definition) is 2. The van der Waals surface area contributed by atoms with Crippen molar-refractivity contribution >= 4 is 21.6 Å². The Morgan fingerprint density at radius 1 is 1.06 bits per heavy atom. The molecule has 2 heteroatoms. The van der Waals surface area contributed by atoms with Crippen LogP contribution in [0.25, 0.3) is 10.1 Å². The molecule has 2 rings (SSSR count). The van der Waals surface area contributed by atoms with Crippen molar-refractivity contribution in [2.75, 3.05) is 0 Å². The standard InChI is InChI=1S/C11H13NS.2C2H6/c1-7(2)9-4-5-10-8(3)12-13-11(10)6-9;2*1-2/h4-7H,1-3H3;2*1-2H3. The van der Waals surface area contributed by atoms with Gasteiger partial charge >= 0.3 is 0 Å². The minimum Gasteiger partial charge on any atom is -0.197 e. The lowest BCUT2D eigenvalue weighted by atomic mass is 10.0. The van der Waals surface area contributed by atoms with E-state index in [-0.39, 0.29) is 0 Å². The maximum absolute atomic E-state index is 4.34. The van der Waals surface area contributed by atoms with Crippen LogP contribution >= 0.6 is 11.5 Å². The second-order valence-corrected chi connectivity index (χ2v) is 4.48. The summed E-state index contributed by atoms with van der Waals surface area (Å²) in [7, 11) is 0. The highest BCUT2D eigenvalue weighted by Crippen LogP contribution is 2.26. The van der Waals surface area contributed by atoms with Crippen molar-refractivity contribution in [1.82, 2.24) is 4.37 Å². The van der Waals surface area contributed by atoms with Gasteiger partial charge in [-0.05, 0) is 36.0 Å². The highest BCUT2D eigenvalue weighted by molar-refractivity contribution is 7.13. The van der Waals surface area contributed by atoms with Gasteiger partial charge in [-0.15, -0.1) is 0 Å². The van der Waals surface area contributed by atoms with Crippen LogP contribution in [-0.2, 0) is 0 Å². The number of benzene rings is 1. The van der Waals surface area contributed by atoms with Gasteiger partial charge in [0.05, 0.1) is 10.4 Å². The van der Waals surface area contributed by atoms with Gasteiger partial charge in [-0.3, -0.25) is 0 Å². The molecule has 0 amide bonds. The topological polar surface area (TPSA) is 12.9 Å². The molecule has 0 aliphatic rings. The van der Waals surface area contributed by atoms with Crippen LogP contribution < -0.4 is 0 Å². The molecule has 2 aromatic rings. The van der Waals surface area contributed by atoms with E-state index >= 15 is 0 Å². The van der Waals surface area contributed by atoms with Gasteiger partial charge in [0.2, 0.25) is 0 Å². The second kappa shape index (κ2) is 8.24. The number of aryl methyl sites for hydroxylation is 1. The third-order valence-corrected chi connectivity index (χ3v) is 3.24. The average molecular weight is 251 g/mol. The first-order valence-corrected chi connectivity index (χ1v) is 7.32. The largest absolute Gasteiger partial charge is 0.197 e. The molecule has 0 aliphatic heterocycles. The first-order chi connectivity index (χ1) is 8.18. The number of aromatic nitrogens is 1. The molecule has 0 N–H and O–H groups in total. The van der Waals surface area contributed by atoms with Crippen LogP contribution in [0.15, 0.2) is 18.2 Å². The van der Waals surface area contributed by atoms with Crippen LogP contribution in [0.4, 0.5) is 0 Å². The molecular formula is C15H25NS. The van der Waals surface area contributed by atoms with Gasteiger partial charge < -0.3 is 0 Å². The zero-order valence-corrected chi connectivity index (χ0v) is 13.0. The molecule has 1 nitrogen and oxygen atoms in total. The van der Waals surface area contributed by atoms with E-state index in [1.54, 1.807) is 11.5 Å². The van der Waals surface area contributed by atoms with Crippen molar-refractivity contribution in [1.29, 1.82) is 0 Å². The molecule has 0 saturated heterocycles. The van der Waals surface area contributed by atoms with Crippen LogP contribution in [0.5, 0.6) is 0 Å². The summed E-state index contributed by atoms with van der Waals surface area (Å²) < 4.78 is 5.65. The minimum absolute atomic E-state index is 0.604. The van der Waals surface area contributed by atoms with Crippen molar-refractivity contribution in [2.24, 2.45) is 0 Å². The van der Waals surface area contributed by atoms with Gasteiger partial charge in [-0.1, -0.05) is 53.7 Å². The van der Waals surface area contributed by atoms with Crippen molar-refractivity contribution in [2.45, 2.75) is 54.4 Å². The van der Waals surface area contributed by atoms with E-state index in [2.05, 4.69) is 43.3 Å². The van der Waals surface area contributed by atoms with Crippen LogP contribution in [0.2, 0.25) is 0 Å². The predicted molar refractivity (Wildman–Crippen MR) is 81.1 cm³/mol. The van der Waals surface area contributed by atoms with Crippen molar-refractivity contribution < 1.29 is 0 Å². The van der Waals surface area contributed by atoms with Gasteiger partial charge in [0.25, 0.3) is 0 Å². The monoisotopic (exact) mass is 251 g/mol. The fourth-order valence-corrected chi connectivity index (χ4v) is 2.28. The quantitative estimate of drug-likeness (QED) is 0.626. The maximum Gasteiger partial charge on any atom is 0.0589 e. The molecule has 0 spiro atoms. The number of rotatable bonds is 1. The number of nitrogens with zero attached hydrogens (tertiary/aromatic N) is 1. The molecule has 0 unspecified atom stereocenters. The summed E-state index contributed by atoms with van der Waals surface area (Å²) in [4.78, 5) is 0. The Morgan fingerprint density at radius 2 is 1.65 bits per heavy atom. The van der Waals surface area contributed by atoms with Crippen molar-refractivity contribution in [3.63, 3.8) is 0 Å². The summed E-state index contributed by atoms with van der Waals surface area (Å²) in [6.45, 7) is 14.5. The number of hydrogen-bond donors (Lipinski definition) is 0. The second-order valence-electron chi connectivity index (χ2n) is 3.68. The van der Waals surface area contributed by atoms with E-state index in [1.165, 1.54) is 15.6 Å². The molecule has 0 aliphatic carbocycles. The molecule has 0 radical (unpaired) electrons. The minimum atomic E-state index is 0.604. The van der Waals surface area contributed by atoms with Crippen molar-refractivity contribution in [3.8, 4) is 0 Å². The lowest BCUT2D eigenvalue weighted by Gasteiger charge is -2.03. The first-order valence-electron chi connectivity index (χ1n) is 6.54. The Bertz CT molecular complexity index is 429. The summed E-state index contributed by atoms with van der Waals surface area (Å²) in [6.07, 6.45) is 0. The van der Waals surface area contributed by atoms with Crippen molar-refractivity contribution in [3.05, 3.63) is 29.5 Å². The summed E-state index contributed by atoms with van der Waals surface area (Å²) >= 11 is 1.60. The number of fused-ring (bicyclic) bond motifs is 1. The Morgan fingerprint density at radius 3 is 2.18 bits per heavy atom. The van der Waals surface area contributed by atoms with Gasteiger partial charge in [0.15, 0.2) is 0 Å². The zero-order valence-electron chi connectivity index (χ0n) is 12.2. The summed E-state index contributed by atoms with van der Waals surface area (Å²) in [5.41, 5.74) is 2.55. The highest BCUT2D eigenvalue weighted by atomic mass is 32.1. The molecule has 0 fully saturated rings. The molecule has 0 atom stereocenters. The van der Waals surface area contributed by atoms with Crippen LogP contribution in [-0.4, -0.2) is 4.37 Å². The molecule has 0 bridgehead atoms. The Labute approximate surface area is 110 Å². The predicted octanol–water partition coefficient (Wildman–Crippen LogP) is 5.78. The summed E-state index contributed by atoms with van der Waals surface area (Å²) in [5.74, 6) is 0.604. The average Bonchev–Trinajstić information content (AvgIpc) is 2.75. The molecule has 1 heterocycles. The third-order valence-electron chi connectivity index (χ3n) is 2.34. The van der Waals surface area contributed by atoms with Gasteiger partial charge in [-0.25, -0.2) is 0 Å². The molecule has 96 valence electrons. The third kappa shape index (κ3) is 4.12. The normalized spacial score (nSPS) is 9.41. The molecule has 1 aromatic carbocycles. The van der Waals surface area contributed by atoms with E-state index in [0.29, 0.717) is 5.92 Å². The lowest BCUT2D eigenvalue weighted by molar-refractivity contribution is 0.869.